The lowest BCUT2D eigenvalue weighted by Crippen LogP contribution is -2.41. The van der Waals surface area contributed by atoms with Crippen molar-refractivity contribution in [3.8, 4) is 0 Å². The van der Waals surface area contributed by atoms with Crippen molar-refractivity contribution >= 4 is 15.7 Å². The minimum atomic E-state index is -3.12. The highest BCUT2D eigenvalue weighted by Gasteiger charge is 2.36. The van der Waals surface area contributed by atoms with Crippen molar-refractivity contribution in [2.45, 2.75) is 32.7 Å². The molecule has 0 aromatic heterocycles. The monoisotopic (exact) mass is 323 g/mol. The first kappa shape index (κ1) is 17.0. The molecule has 0 N–H and O–H groups in total. The van der Waals surface area contributed by atoms with E-state index in [1.165, 1.54) is 11.8 Å². The quantitative estimate of drug-likeness (QED) is 0.834. The zero-order valence-corrected chi connectivity index (χ0v) is 14.3. The molecule has 1 aliphatic heterocycles. The van der Waals surface area contributed by atoms with E-state index in [-0.39, 0.29) is 17.7 Å². The summed E-state index contributed by atoms with van der Waals surface area (Å²) in [5, 5.41) is 0. The molecule has 0 unspecified atom stereocenters. The third-order valence-electron chi connectivity index (χ3n) is 4.51. The molecule has 1 aromatic rings. The van der Waals surface area contributed by atoms with E-state index in [0.29, 0.717) is 5.92 Å². The van der Waals surface area contributed by atoms with Crippen LogP contribution in [0, 0.1) is 11.8 Å². The van der Waals surface area contributed by atoms with Gasteiger partial charge < -0.3 is 4.90 Å². The van der Waals surface area contributed by atoms with Gasteiger partial charge in [-0.25, -0.2) is 8.42 Å². The molecule has 0 saturated carbocycles. The molecule has 0 aliphatic carbocycles. The molecule has 5 heteroatoms. The summed E-state index contributed by atoms with van der Waals surface area (Å²) >= 11 is 0. The predicted molar refractivity (Wildman–Crippen MR) is 88.3 cm³/mol. The maximum absolute atomic E-state index is 12.5. The fourth-order valence-corrected chi connectivity index (χ4v) is 4.36. The van der Waals surface area contributed by atoms with E-state index in [2.05, 4.69) is 19.1 Å². The fraction of sp³-hybridized carbons (Fsp3) is 0.588. The van der Waals surface area contributed by atoms with Crippen LogP contribution in [0.5, 0.6) is 0 Å². The number of amides is 1. The van der Waals surface area contributed by atoms with Crippen LogP contribution in [-0.2, 0) is 21.1 Å². The van der Waals surface area contributed by atoms with E-state index in [1.54, 1.807) is 6.92 Å². The fourth-order valence-electron chi connectivity index (χ4n) is 3.31. The zero-order valence-electron chi connectivity index (χ0n) is 13.5. The van der Waals surface area contributed by atoms with Gasteiger partial charge in [0.25, 0.3) is 0 Å². The van der Waals surface area contributed by atoms with Crippen molar-refractivity contribution < 1.29 is 13.2 Å². The van der Waals surface area contributed by atoms with Crippen molar-refractivity contribution in [1.82, 2.24) is 4.90 Å². The standard InChI is InChI=1S/C17H25NO3S/c1-13(12-22(3,20)21)17(19)18-10-9-16(14(18)2)11-15-7-5-4-6-8-15/h4-8,13-14,16H,9-12H2,1-3H3/t13-,14+,16+/m1/s1. The first-order chi connectivity index (χ1) is 10.3. The normalized spacial score (nSPS) is 23.5. The topological polar surface area (TPSA) is 54.5 Å². The van der Waals surface area contributed by atoms with E-state index in [0.717, 1.165) is 19.4 Å². The number of rotatable bonds is 5. The summed E-state index contributed by atoms with van der Waals surface area (Å²) in [6.07, 6.45) is 3.13. The van der Waals surface area contributed by atoms with Crippen LogP contribution in [0.3, 0.4) is 0 Å². The Kier molecular flexibility index (Phi) is 5.27. The van der Waals surface area contributed by atoms with Gasteiger partial charge in [0.1, 0.15) is 9.84 Å². The Labute approximate surface area is 133 Å². The number of likely N-dealkylation sites (tertiary alicyclic amines) is 1. The second-order valence-electron chi connectivity index (χ2n) is 6.50. The van der Waals surface area contributed by atoms with Gasteiger partial charge in [0, 0.05) is 24.8 Å². The Bertz CT molecular complexity index is 612. The summed E-state index contributed by atoms with van der Waals surface area (Å²) in [7, 11) is -3.12. The molecule has 3 atom stereocenters. The number of sulfone groups is 1. The second kappa shape index (κ2) is 6.82. The van der Waals surface area contributed by atoms with Crippen molar-refractivity contribution in [3.05, 3.63) is 35.9 Å². The molecule has 1 saturated heterocycles. The van der Waals surface area contributed by atoms with Gasteiger partial charge in [-0.3, -0.25) is 4.79 Å². The van der Waals surface area contributed by atoms with E-state index in [4.69, 9.17) is 0 Å². The van der Waals surface area contributed by atoms with Crippen LogP contribution in [-0.4, -0.2) is 43.8 Å². The molecule has 1 fully saturated rings. The Morgan fingerprint density at radius 1 is 1.32 bits per heavy atom. The van der Waals surface area contributed by atoms with Gasteiger partial charge in [0.05, 0.1) is 5.75 Å². The molecule has 0 spiro atoms. The van der Waals surface area contributed by atoms with Crippen LogP contribution in [0.15, 0.2) is 30.3 Å². The minimum Gasteiger partial charge on any atom is -0.339 e. The molecule has 22 heavy (non-hydrogen) atoms. The molecular formula is C17H25NO3S. The van der Waals surface area contributed by atoms with Gasteiger partial charge in [0.2, 0.25) is 5.91 Å². The van der Waals surface area contributed by atoms with Crippen LogP contribution >= 0.6 is 0 Å². The maximum atomic E-state index is 12.5. The third-order valence-corrected chi connectivity index (χ3v) is 5.62. The average Bonchev–Trinajstić information content (AvgIpc) is 2.79. The van der Waals surface area contributed by atoms with Crippen LogP contribution in [0.4, 0.5) is 0 Å². The summed E-state index contributed by atoms with van der Waals surface area (Å²) in [5.74, 6) is -0.128. The summed E-state index contributed by atoms with van der Waals surface area (Å²) in [5.41, 5.74) is 1.29. The lowest BCUT2D eigenvalue weighted by molar-refractivity contribution is -0.135. The first-order valence-corrected chi connectivity index (χ1v) is 9.86. The summed E-state index contributed by atoms with van der Waals surface area (Å²) < 4.78 is 22.8. The van der Waals surface area contributed by atoms with Crippen molar-refractivity contribution in [1.29, 1.82) is 0 Å². The van der Waals surface area contributed by atoms with Crippen LogP contribution in [0.1, 0.15) is 25.8 Å². The third kappa shape index (κ3) is 4.32. The zero-order chi connectivity index (χ0) is 16.3. The molecule has 1 heterocycles. The number of hydrogen-bond acceptors (Lipinski definition) is 3. The molecule has 4 nitrogen and oxygen atoms in total. The average molecular weight is 323 g/mol. The SMILES string of the molecule is C[C@H](CS(C)(=O)=O)C(=O)N1CC[C@@H](Cc2ccccc2)[C@@H]1C. The molecular weight excluding hydrogens is 298 g/mol. The van der Waals surface area contributed by atoms with E-state index in [9.17, 15) is 13.2 Å². The highest BCUT2D eigenvalue weighted by Crippen LogP contribution is 2.28. The smallest absolute Gasteiger partial charge is 0.226 e. The molecule has 122 valence electrons. The highest BCUT2D eigenvalue weighted by molar-refractivity contribution is 7.90. The number of benzene rings is 1. The molecule has 0 bridgehead atoms. The van der Waals surface area contributed by atoms with E-state index in [1.807, 2.05) is 23.1 Å². The maximum Gasteiger partial charge on any atom is 0.226 e. The summed E-state index contributed by atoms with van der Waals surface area (Å²) in [6, 6.07) is 10.5. The van der Waals surface area contributed by atoms with Gasteiger partial charge in [0.15, 0.2) is 0 Å². The molecule has 1 amide bonds. The number of carbonyl (C=O) groups is 1. The van der Waals surface area contributed by atoms with Gasteiger partial charge in [-0.05, 0) is 31.2 Å². The Hall–Kier alpha value is -1.36. The van der Waals surface area contributed by atoms with E-state index < -0.39 is 15.8 Å². The van der Waals surface area contributed by atoms with Crippen molar-refractivity contribution in [2.24, 2.45) is 11.8 Å². The van der Waals surface area contributed by atoms with Crippen LogP contribution in [0.25, 0.3) is 0 Å². The second-order valence-corrected chi connectivity index (χ2v) is 8.69. The molecule has 1 aliphatic rings. The van der Waals surface area contributed by atoms with Gasteiger partial charge in [-0.15, -0.1) is 0 Å². The number of hydrogen-bond donors (Lipinski definition) is 0. The number of nitrogens with zero attached hydrogens (tertiary/aromatic N) is 1. The Balaban J connectivity index is 1.98. The highest BCUT2D eigenvalue weighted by atomic mass is 32.2. The van der Waals surface area contributed by atoms with Crippen molar-refractivity contribution in [3.63, 3.8) is 0 Å². The number of carbonyl (C=O) groups excluding carboxylic acids is 1. The molecule has 2 rings (SSSR count). The largest absolute Gasteiger partial charge is 0.339 e. The first-order valence-electron chi connectivity index (χ1n) is 7.80. The molecule has 1 aromatic carbocycles. The lowest BCUT2D eigenvalue weighted by Gasteiger charge is -2.27. The summed E-state index contributed by atoms with van der Waals surface area (Å²) in [4.78, 5) is 14.4. The Morgan fingerprint density at radius 2 is 1.95 bits per heavy atom. The van der Waals surface area contributed by atoms with Gasteiger partial charge >= 0.3 is 0 Å². The minimum absolute atomic E-state index is 0.0338. The predicted octanol–water partition coefficient (Wildman–Crippen LogP) is 2.15. The van der Waals surface area contributed by atoms with Gasteiger partial charge in [-0.2, -0.15) is 0 Å². The van der Waals surface area contributed by atoms with E-state index >= 15 is 0 Å². The van der Waals surface area contributed by atoms with Crippen LogP contribution < -0.4 is 0 Å². The summed E-state index contributed by atoms with van der Waals surface area (Å²) in [6.45, 7) is 4.51. The van der Waals surface area contributed by atoms with Gasteiger partial charge in [-0.1, -0.05) is 37.3 Å². The van der Waals surface area contributed by atoms with Crippen molar-refractivity contribution in [2.75, 3.05) is 18.6 Å². The molecule has 0 radical (unpaired) electrons. The lowest BCUT2D eigenvalue weighted by atomic mass is 9.93. The van der Waals surface area contributed by atoms with Crippen LogP contribution in [0.2, 0.25) is 0 Å². The Morgan fingerprint density at radius 3 is 2.55 bits per heavy atom.